The van der Waals surface area contributed by atoms with Crippen molar-refractivity contribution in [2.45, 2.75) is 12.5 Å². The minimum atomic E-state index is 0.290. The summed E-state index contributed by atoms with van der Waals surface area (Å²) >= 11 is 7.97. The highest BCUT2D eigenvalue weighted by Gasteiger charge is 2.25. The molecule has 0 saturated carbocycles. The van der Waals surface area contributed by atoms with Crippen LogP contribution in [0.4, 0.5) is 0 Å². The van der Waals surface area contributed by atoms with Crippen LogP contribution in [0.3, 0.4) is 0 Å². The van der Waals surface area contributed by atoms with Gasteiger partial charge in [-0.25, -0.2) is 0 Å². The fourth-order valence-electron chi connectivity index (χ4n) is 3.57. The molecule has 1 fully saturated rings. The van der Waals surface area contributed by atoms with Crippen molar-refractivity contribution in [2.75, 3.05) is 26.2 Å². The van der Waals surface area contributed by atoms with E-state index in [2.05, 4.69) is 52.0 Å². The zero-order chi connectivity index (χ0) is 16.4. The van der Waals surface area contributed by atoms with E-state index >= 15 is 0 Å². The van der Waals surface area contributed by atoms with Crippen LogP contribution in [0.25, 0.3) is 10.1 Å². The van der Waals surface area contributed by atoms with E-state index in [9.17, 15) is 0 Å². The molecule has 4 rings (SSSR count). The van der Waals surface area contributed by atoms with Crippen molar-refractivity contribution < 1.29 is 0 Å². The zero-order valence-electron chi connectivity index (χ0n) is 13.5. The third kappa shape index (κ3) is 3.22. The summed E-state index contributed by atoms with van der Waals surface area (Å²) in [7, 11) is 0. The fraction of sp³-hybridized carbons (Fsp3) is 0.300. The number of thiophene rings is 1. The Hall–Kier alpha value is -1.39. The Bertz CT molecular complexity index is 804. The van der Waals surface area contributed by atoms with Gasteiger partial charge in [-0.1, -0.05) is 41.9 Å². The predicted molar refractivity (Wildman–Crippen MR) is 104 cm³/mol. The number of fused-ring (bicyclic) bond motifs is 1. The number of hydrogen-bond acceptors (Lipinski definition) is 3. The Balaban J connectivity index is 1.81. The lowest BCUT2D eigenvalue weighted by Gasteiger charge is -2.31. The molecule has 1 saturated heterocycles. The molecule has 2 aromatic carbocycles. The van der Waals surface area contributed by atoms with E-state index in [1.165, 1.54) is 27.6 Å². The van der Waals surface area contributed by atoms with Gasteiger partial charge in [0.1, 0.15) is 0 Å². The third-order valence-electron chi connectivity index (χ3n) is 4.73. The smallest absolute Gasteiger partial charge is 0.0616 e. The topological polar surface area (TPSA) is 15.3 Å². The Kier molecular flexibility index (Phi) is 4.86. The highest BCUT2D eigenvalue weighted by Crippen LogP contribution is 2.37. The molecule has 0 spiro atoms. The number of hydrogen-bond donors (Lipinski definition) is 1. The SMILES string of the molecule is Clc1ccc(C(c2csc3ccccc23)N2CCCNCC2)cc1. The van der Waals surface area contributed by atoms with Crippen molar-refractivity contribution in [3.8, 4) is 0 Å². The van der Waals surface area contributed by atoms with E-state index in [0.29, 0.717) is 6.04 Å². The van der Waals surface area contributed by atoms with Gasteiger partial charge in [-0.3, -0.25) is 4.90 Å². The summed E-state index contributed by atoms with van der Waals surface area (Å²) in [6, 6.07) is 17.4. The van der Waals surface area contributed by atoms with Gasteiger partial charge in [0.15, 0.2) is 0 Å². The van der Waals surface area contributed by atoms with Crippen LogP contribution in [0.15, 0.2) is 53.9 Å². The van der Waals surface area contributed by atoms with Crippen molar-refractivity contribution in [3.05, 3.63) is 70.1 Å². The molecule has 24 heavy (non-hydrogen) atoms. The van der Waals surface area contributed by atoms with Crippen LogP contribution in [0, 0.1) is 0 Å². The lowest BCUT2D eigenvalue weighted by Crippen LogP contribution is -2.32. The van der Waals surface area contributed by atoms with Crippen molar-refractivity contribution in [1.82, 2.24) is 10.2 Å². The quantitative estimate of drug-likeness (QED) is 0.715. The van der Waals surface area contributed by atoms with E-state index in [1.807, 2.05) is 23.5 Å². The number of nitrogens with one attached hydrogen (secondary N) is 1. The van der Waals surface area contributed by atoms with Crippen LogP contribution in [-0.2, 0) is 0 Å². The van der Waals surface area contributed by atoms with Crippen molar-refractivity contribution >= 4 is 33.0 Å². The normalized spacial score (nSPS) is 17.7. The van der Waals surface area contributed by atoms with E-state index in [1.54, 1.807) is 0 Å². The number of rotatable bonds is 3. The molecule has 0 bridgehead atoms. The first-order chi connectivity index (χ1) is 11.8. The Labute approximate surface area is 152 Å². The van der Waals surface area contributed by atoms with Crippen LogP contribution in [-0.4, -0.2) is 31.1 Å². The number of benzene rings is 2. The molecule has 124 valence electrons. The second-order valence-corrected chi connectivity index (χ2v) is 7.63. The summed E-state index contributed by atoms with van der Waals surface area (Å²) in [6.45, 7) is 4.34. The maximum Gasteiger partial charge on any atom is 0.0616 e. The molecule has 2 heterocycles. The molecule has 1 N–H and O–H groups in total. The second-order valence-electron chi connectivity index (χ2n) is 6.28. The van der Waals surface area contributed by atoms with Crippen LogP contribution < -0.4 is 5.32 Å². The summed E-state index contributed by atoms with van der Waals surface area (Å²) in [5.41, 5.74) is 2.74. The standard InChI is InChI=1S/C20H21ClN2S/c21-16-8-6-15(7-9-16)20(23-12-3-10-22-11-13-23)18-14-24-19-5-2-1-4-17(18)19/h1-2,4-9,14,20,22H,3,10-13H2. The van der Waals surface area contributed by atoms with Gasteiger partial charge in [-0.05, 0) is 53.1 Å². The minimum Gasteiger partial charge on any atom is -0.315 e. The van der Waals surface area contributed by atoms with Crippen LogP contribution in [0.1, 0.15) is 23.6 Å². The summed E-state index contributed by atoms with van der Waals surface area (Å²) in [5.74, 6) is 0. The summed E-state index contributed by atoms with van der Waals surface area (Å²) < 4.78 is 1.36. The van der Waals surface area contributed by atoms with Gasteiger partial charge in [-0.2, -0.15) is 0 Å². The fourth-order valence-corrected chi connectivity index (χ4v) is 4.67. The molecule has 0 aliphatic carbocycles. The van der Waals surface area contributed by atoms with Gasteiger partial charge < -0.3 is 5.32 Å². The highest BCUT2D eigenvalue weighted by molar-refractivity contribution is 7.17. The van der Waals surface area contributed by atoms with E-state index in [-0.39, 0.29) is 0 Å². The van der Waals surface area contributed by atoms with Gasteiger partial charge in [0.05, 0.1) is 6.04 Å². The predicted octanol–water partition coefficient (Wildman–Crippen LogP) is 4.94. The molecule has 3 aromatic rings. The van der Waals surface area contributed by atoms with Crippen molar-refractivity contribution in [1.29, 1.82) is 0 Å². The summed E-state index contributed by atoms with van der Waals surface area (Å²) in [5, 5.41) is 8.02. The maximum absolute atomic E-state index is 6.13. The molecule has 0 radical (unpaired) electrons. The molecular formula is C20H21ClN2S. The lowest BCUT2D eigenvalue weighted by atomic mass is 9.96. The van der Waals surface area contributed by atoms with Crippen molar-refractivity contribution in [2.24, 2.45) is 0 Å². The van der Waals surface area contributed by atoms with Gasteiger partial charge in [-0.15, -0.1) is 11.3 Å². The number of nitrogens with zero attached hydrogens (tertiary/aromatic N) is 1. The van der Waals surface area contributed by atoms with E-state index in [0.717, 1.165) is 31.2 Å². The average Bonchev–Trinajstić information content (AvgIpc) is 2.84. The molecule has 1 aliphatic rings. The average molecular weight is 357 g/mol. The molecule has 2 nitrogen and oxygen atoms in total. The highest BCUT2D eigenvalue weighted by atomic mass is 35.5. The monoisotopic (exact) mass is 356 g/mol. The molecule has 0 amide bonds. The molecular weight excluding hydrogens is 336 g/mol. The zero-order valence-corrected chi connectivity index (χ0v) is 15.1. The summed E-state index contributed by atoms with van der Waals surface area (Å²) in [6.07, 6.45) is 1.19. The maximum atomic E-state index is 6.13. The Morgan fingerprint density at radius 2 is 1.83 bits per heavy atom. The second kappa shape index (κ2) is 7.24. The van der Waals surface area contributed by atoms with E-state index < -0.39 is 0 Å². The van der Waals surface area contributed by atoms with Gasteiger partial charge >= 0.3 is 0 Å². The Morgan fingerprint density at radius 3 is 2.71 bits per heavy atom. The minimum absolute atomic E-state index is 0.290. The number of halogens is 1. The molecule has 1 aromatic heterocycles. The first kappa shape index (κ1) is 16.1. The first-order valence-corrected chi connectivity index (χ1v) is 9.75. The van der Waals surface area contributed by atoms with Gasteiger partial charge in [0.2, 0.25) is 0 Å². The van der Waals surface area contributed by atoms with Crippen LogP contribution >= 0.6 is 22.9 Å². The van der Waals surface area contributed by atoms with E-state index in [4.69, 9.17) is 11.6 Å². The van der Waals surface area contributed by atoms with Gasteiger partial charge in [0, 0.05) is 29.4 Å². The first-order valence-electron chi connectivity index (χ1n) is 8.49. The Morgan fingerprint density at radius 1 is 1.00 bits per heavy atom. The molecule has 1 unspecified atom stereocenters. The molecule has 1 aliphatic heterocycles. The van der Waals surface area contributed by atoms with Crippen LogP contribution in [0.2, 0.25) is 5.02 Å². The summed E-state index contributed by atoms with van der Waals surface area (Å²) in [4.78, 5) is 2.61. The van der Waals surface area contributed by atoms with Crippen molar-refractivity contribution in [3.63, 3.8) is 0 Å². The van der Waals surface area contributed by atoms with Crippen LogP contribution in [0.5, 0.6) is 0 Å². The third-order valence-corrected chi connectivity index (χ3v) is 5.96. The lowest BCUT2D eigenvalue weighted by molar-refractivity contribution is 0.242. The largest absolute Gasteiger partial charge is 0.315 e. The molecule has 1 atom stereocenters. The molecule has 4 heteroatoms. The van der Waals surface area contributed by atoms with Gasteiger partial charge in [0.25, 0.3) is 0 Å².